The van der Waals surface area contributed by atoms with Gasteiger partial charge in [0.1, 0.15) is 0 Å². The lowest BCUT2D eigenvalue weighted by Gasteiger charge is -2.19. The molecule has 1 aliphatic rings. The average molecular weight is 260 g/mol. The third kappa shape index (κ3) is 2.45. The molecule has 19 heavy (non-hydrogen) atoms. The fourth-order valence-electron chi connectivity index (χ4n) is 2.79. The van der Waals surface area contributed by atoms with Gasteiger partial charge in [-0.15, -0.1) is 0 Å². The van der Waals surface area contributed by atoms with Crippen molar-refractivity contribution in [3.8, 4) is 0 Å². The molecule has 2 N–H and O–H groups in total. The summed E-state index contributed by atoms with van der Waals surface area (Å²) >= 11 is 0. The third-order valence-electron chi connectivity index (χ3n) is 4.02. The van der Waals surface area contributed by atoms with Crippen LogP contribution in [0.4, 0.5) is 0 Å². The topological polar surface area (TPSA) is 58.0 Å². The van der Waals surface area contributed by atoms with Crippen LogP contribution in [0, 0.1) is 11.8 Å². The van der Waals surface area contributed by atoms with Crippen LogP contribution in [0.5, 0.6) is 0 Å². The monoisotopic (exact) mass is 260 g/mol. The Hall–Kier alpha value is -1.55. The van der Waals surface area contributed by atoms with Crippen molar-refractivity contribution in [3.63, 3.8) is 0 Å². The van der Waals surface area contributed by atoms with Gasteiger partial charge in [0.25, 0.3) is 0 Å². The number of nitrogens with one attached hydrogen (secondary N) is 2. The molecular formula is C15H20N2O2. The molecular weight excluding hydrogens is 240 g/mol. The summed E-state index contributed by atoms with van der Waals surface area (Å²) in [5, 5.41) is 3.62. The van der Waals surface area contributed by atoms with Gasteiger partial charge < -0.3 is 9.73 Å². The second-order valence-corrected chi connectivity index (χ2v) is 5.58. The van der Waals surface area contributed by atoms with Crippen LogP contribution in [0.15, 0.2) is 27.4 Å². The molecule has 0 saturated heterocycles. The largest absolute Gasteiger partial charge is 0.417 e. The van der Waals surface area contributed by atoms with Gasteiger partial charge in [-0.3, -0.25) is 4.98 Å². The first-order valence-corrected chi connectivity index (χ1v) is 7.05. The smallest absolute Gasteiger partial charge is 0.408 e. The quantitative estimate of drug-likeness (QED) is 0.869. The number of H-pyrrole nitrogens is 1. The van der Waals surface area contributed by atoms with Crippen molar-refractivity contribution in [2.75, 3.05) is 6.54 Å². The van der Waals surface area contributed by atoms with Gasteiger partial charge >= 0.3 is 5.76 Å². The molecule has 0 amide bonds. The van der Waals surface area contributed by atoms with Crippen LogP contribution in [0.2, 0.25) is 0 Å². The van der Waals surface area contributed by atoms with E-state index < -0.39 is 0 Å². The van der Waals surface area contributed by atoms with Crippen molar-refractivity contribution in [1.29, 1.82) is 0 Å². The van der Waals surface area contributed by atoms with E-state index >= 15 is 0 Å². The summed E-state index contributed by atoms with van der Waals surface area (Å²) in [5.74, 6) is 1.10. The zero-order valence-corrected chi connectivity index (χ0v) is 11.4. The number of hydrogen-bond donors (Lipinski definition) is 2. The van der Waals surface area contributed by atoms with E-state index in [0.717, 1.165) is 24.4 Å². The Morgan fingerprint density at radius 3 is 3.00 bits per heavy atom. The number of benzene rings is 1. The first kappa shape index (κ1) is 12.5. The fourth-order valence-corrected chi connectivity index (χ4v) is 2.79. The van der Waals surface area contributed by atoms with Gasteiger partial charge in [-0.1, -0.05) is 19.9 Å². The Morgan fingerprint density at radius 2 is 2.32 bits per heavy atom. The van der Waals surface area contributed by atoms with Crippen LogP contribution < -0.4 is 11.1 Å². The second-order valence-electron chi connectivity index (χ2n) is 5.58. The molecule has 3 unspecified atom stereocenters. The minimum atomic E-state index is -0.384. The maximum atomic E-state index is 11.2. The maximum absolute atomic E-state index is 11.2. The minimum absolute atomic E-state index is 0.375. The fraction of sp³-hybridized carbons (Fsp3) is 0.533. The Morgan fingerprint density at radius 1 is 1.53 bits per heavy atom. The van der Waals surface area contributed by atoms with Crippen molar-refractivity contribution >= 4 is 11.1 Å². The van der Waals surface area contributed by atoms with E-state index in [4.69, 9.17) is 4.42 Å². The number of aromatic amines is 1. The molecule has 0 spiro atoms. The van der Waals surface area contributed by atoms with Crippen molar-refractivity contribution < 1.29 is 4.42 Å². The van der Waals surface area contributed by atoms with Gasteiger partial charge in [0.15, 0.2) is 5.58 Å². The predicted molar refractivity (Wildman–Crippen MR) is 75.1 cm³/mol. The maximum Gasteiger partial charge on any atom is 0.417 e. The summed E-state index contributed by atoms with van der Waals surface area (Å²) in [6.45, 7) is 5.48. The summed E-state index contributed by atoms with van der Waals surface area (Å²) in [6, 6.07) is 6.39. The molecule has 0 radical (unpaired) electrons. The number of oxazole rings is 1. The van der Waals surface area contributed by atoms with E-state index in [1.165, 1.54) is 12.0 Å². The Balaban J connectivity index is 1.92. The third-order valence-corrected chi connectivity index (χ3v) is 4.02. The predicted octanol–water partition coefficient (Wildman–Crippen LogP) is 2.82. The minimum Gasteiger partial charge on any atom is -0.408 e. The number of aromatic nitrogens is 1. The van der Waals surface area contributed by atoms with Crippen LogP contribution in [0.3, 0.4) is 0 Å². The highest BCUT2D eigenvalue weighted by molar-refractivity contribution is 5.72. The summed E-state index contributed by atoms with van der Waals surface area (Å²) < 4.78 is 5.15. The SMILES string of the molecule is CCCNC(c1ccc2[nH]c(=O)oc2c1)C1CC1C. The molecule has 3 atom stereocenters. The molecule has 1 aromatic carbocycles. The van der Waals surface area contributed by atoms with Gasteiger partial charge in [0, 0.05) is 6.04 Å². The van der Waals surface area contributed by atoms with Crippen molar-refractivity contribution in [2.45, 2.75) is 32.7 Å². The molecule has 4 heteroatoms. The summed E-state index contributed by atoms with van der Waals surface area (Å²) in [6.07, 6.45) is 2.40. The molecule has 2 aromatic rings. The Kier molecular flexibility index (Phi) is 3.19. The summed E-state index contributed by atoms with van der Waals surface area (Å²) in [7, 11) is 0. The number of rotatable bonds is 5. The van der Waals surface area contributed by atoms with E-state index in [9.17, 15) is 4.79 Å². The number of hydrogen-bond acceptors (Lipinski definition) is 3. The van der Waals surface area contributed by atoms with E-state index in [2.05, 4.69) is 30.2 Å². The molecule has 1 aromatic heterocycles. The van der Waals surface area contributed by atoms with Crippen LogP contribution in [0.1, 0.15) is 38.3 Å². The first-order valence-electron chi connectivity index (χ1n) is 7.05. The number of fused-ring (bicyclic) bond motifs is 1. The first-order chi connectivity index (χ1) is 9.19. The van der Waals surface area contributed by atoms with E-state index in [1.54, 1.807) is 0 Å². The highest BCUT2D eigenvalue weighted by atomic mass is 16.4. The second kappa shape index (κ2) is 4.85. The Labute approximate surface area is 112 Å². The lowest BCUT2D eigenvalue weighted by molar-refractivity contribution is 0.462. The van der Waals surface area contributed by atoms with E-state index in [-0.39, 0.29) is 5.76 Å². The highest BCUT2D eigenvalue weighted by Crippen LogP contribution is 2.47. The van der Waals surface area contributed by atoms with Crippen molar-refractivity contribution in [3.05, 3.63) is 34.3 Å². The van der Waals surface area contributed by atoms with Crippen molar-refractivity contribution in [2.24, 2.45) is 11.8 Å². The van der Waals surface area contributed by atoms with Crippen LogP contribution in [0.25, 0.3) is 11.1 Å². The molecule has 1 saturated carbocycles. The molecule has 3 rings (SSSR count). The molecule has 0 bridgehead atoms. The highest BCUT2D eigenvalue weighted by Gasteiger charge is 2.39. The molecule has 1 aliphatic carbocycles. The van der Waals surface area contributed by atoms with Gasteiger partial charge in [-0.25, -0.2) is 4.79 Å². The van der Waals surface area contributed by atoms with E-state index in [1.807, 2.05) is 12.1 Å². The van der Waals surface area contributed by atoms with Gasteiger partial charge in [0.2, 0.25) is 0 Å². The van der Waals surface area contributed by atoms with E-state index in [0.29, 0.717) is 17.5 Å². The molecule has 102 valence electrons. The van der Waals surface area contributed by atoms with Gasteiger partial charge in [0.05, 0.1) is 5.52 Å². The molecule has 0 aliphatic heterocycles. The van der Waals surface area contributed by atoms with Crippen LogP contribution in [-0.4, -0.2) is 11.5 Å². The lowest BCUT2D eigenvalue weighted by Crippen LogP contribution is -2.24. The zero-order chi connectivity index (χ0) is 13.4. The van der Waals surface area contributed by atoms with Crippen LogP contribution >= 0.6 is 0 Å². The summed E-state index contributed by atoms with van der Waals surface area (Å²) in [5.41, 5.74) is 2.64. The Bertz CT molecular complexity index is 628. The molecule has 1 fully saturated rings. The lowest BCUT2D eigenvalue weighted by atomic mass is 10.0. The zero-order valence-electron chi connectivity index (χ0n) is 11.4. The van der Waals surface area contributed by atoms with Crippen LogP contribution in [-0.2, 0) is 0 Å². The average Bonchev–Trinajstić information content (AvgIpc) is 2.97. The normalized spacial score (nSPS) is 23.7. The molecule has 1 heterocycles. The van der Waals surface area contributed by atoms with Gasteiger partial charge in [-0.05, 0) is 48.9 Å². The molecule has 4 nitrogen and oxygen atoms in total. The standard InChI is InChI=1S/C15H20N2O2/c1-3-6-16-14(11-7-9(11)2)10-4-5-12-13(8-10)19-15(18)17-12/h4-5,8-9,11,14,16H,3,6-7H2,1-2H3,(H,17,18). The summed E-state index contributed by atoms with van der Waals surface area (Å²) in [4.78, 5) is 13.9. The van der Waals surface area contributed by atoms with Gasteiger partial charge in [-0.2, -0.15) is 0 Å². The van der Waals surface area contributed by atoms with Crippen molar-refractivity contribution in [1.82, 2.24) is 10.3 Å².